The zero-order chi connectivity index (χ0) is 18.1. The molecule has 134 valence electrons. The molecule has 1 atom stereocenters. The SMILES string of the molecule is COc1ccc2[nH]cc(CC(=O)NC(c3ccc(Cl)cc3)C3CC3)c2c1. The van der Waals surface area contributed by atoms with E-state index in [9.17, 15) is 4.79 Å². The van der Waals surface area contributed by atoms with Gasteiger partial charge in [0.15, 0.2) is 0 Å². The Morgan fingerprint density at radius 3 is 2.73 bits per heavy atom. The van der Waals surface area contributed by atoms with E-state index >= 15 is 0 Å². The number of ether oxygens (including phenoxy) is 1. The van der Waals surface area contributed by atoms with Gasteiger partial charge in [0.1, 0.15) is 5.75 Å². The van der Waals surface area contributed by atoms with Crippen LogP contribution < -0.4 is 10.1 Å². The molecule has 1 aliphatic carbocycles. The van der Waals surface area contributed by atoms with E-state index in [2.05, 4.69) is 10.3 Å². The minimum absolute atomic E-state index is 0.0283. The second-order valence-electron chi connectivity index (χ2n) is 6.84. The predicted octanol–water partition coefficient (Wildman–Crippen LogP) is 4.64. The molecule has 1 saturated carbocycles. The Bertz CT molecular complexity index is 929. The zero-order valence-corrected chi connectivity index (χ0v) is 15.3. The lowest BCUT2D eigenvalue weighted by molar-refractivity contribution is -0.121. The third-order valence-corrected chi connectivity index (χ3v) is 5.22. The summed E-state index contributed by atoms with van der Waals surface area (Å²) in [5, 5.41) is 4.95. The maximum absolute atomic E-state index is 12.7. The molecule has 2 aromatic carbocycles. The lowest BCUT2D eigenvalue weighted by Gasteiger charge is -2.19. The van der Waals surface area contributed by atoms with Crippen LogP contribution in [0.3, 0.4) is 0 Å². The Morgan fingerprint density at radius 1 is 1.27 bits per heavy atom. The summed E-state index contributed by atoms with van der Waals surface area (Å²) in [7, 11) is 1.65. The van der Waals surface area contributed by atoms with Crippen LogP contribution in [-0.2, 0) is 11.2 Å². The molecule has 0 spiro atoms. The van der Waals surface area contributed by atoms with Crippen LogP contribution in [-0.4, -0.2) is 18.0 Å². The number of H-pyrrole nitrogens is 1. The predicted molar refractivity (Wildman–Crippen MR) is 104 cm³/mol. The number of carbonyl (C=O) groups is 1. The van der Waals surface area contributed by atoms with Gasteiger partial charge < -0.3 is 15.0 Å². The number of aromatic amines is 1. The van der Waals surface area contributed by atoms with Crippen LogP contribution in [0.15, 0.2) is 48.7 Å². The van der Waals surface area contributed by atoms with Crippen molar-refractivity contribution in [3.63, 3.8) is 0 Å². The van der Waals surface area contributed by atoms with Gasteiger partial charge in [-0.3, -0.25) is 4.79 Å². The highest BCUT2D eigenvalue weighted by atomic mass is 35.5. The van der Waals surface area contributed by atoms with E-state index in [1.54, 1.807) is 7.11 Å². The molecule has 2 N–H and O–H groups in total. The highest BCUT2D eigenvalue weighted by Gasteiger charge is 2.33. The maximum Gasteiger partial charge on any atom is 0.224 e. The van der Waals surface area contributed by atoms with Crippen molar-refractivity contribution in [3.05, 3.63) is 64.8 Å². The molecule has 26 heavy (non-hydrogen) atoms. The smallest absolute Gasteiger partial charge is 0.224 e. The van der Waals surface area contributed by atoms with Crippen molar-refractivity contribution in [2.45, 2.75) is 25.3 Å². The molecule has 1 fully saturated rings. The first-order chi connectivity index (χ1) is 12.6. The van der Waals surface area contributed by atoms with E-state index in [-0.39, 0.29) is 11.9 Å². The summed E-state index contributed by atoms with van der Waals surface area (Å²) in [6, 6.07) is 13.7. The topological polar surface area (TPSA) is 54.1 Å². The quantitative estimate of drug-likeness (QED) is 0.666. The monoisotopic (exact) mass is 368 g/mol. The average molecular weight is 369 g/mol. The van der Waals surface area contributed by atoms with Crippen molar-refractivity contribution in [1.82, 2.24) is 10.3 Å². The summed E-state index contributed by atoms with van der Waals surface area (Å²) in [4.78, 5) is 15.9. The first-order valence-electron chi connectivity index (χ1n) is 8.83. The number of carbonyl (C=O) groups excluding carboxylic acids is 1. The molecule has 5 heteroatoms. The Morgan fingerprint density at radius 2 is 2.04 bits per heavy atom. The van der Waals surface area contributed by atoms with Crippen LogP contribution in [0, 0.1) is 5.92 Å². The van der Waals surface area contributed by atoms with Crippen molar-refractivity contribution < 1.29 is 9.53 Å². The van der Waals surface area contributed by atoms with E-state index < -0.39 is 0 Å². The Labute approximate surface area is 157 Å². The number of halogens is 1. The number of methoxy groups -OCH3 is 1. The Kier molecular flexibility index (Phi) is 4.60. The van der Waals surface area contributed by atoms with E-state index in [0.29, 0.717) is 17.4 Å². The molecule has 4 nitrogen and oxygen atoms in total. The first kappa shape index (κ1) is 17.0. The molecule has 1 unspecified atom stereocenters. The van der Waals surface area contributed by atoms with Crippen molar-refractivity contribution in [1.29, 1.82) is 0 Å². The maximum atomic E-state index is 12.7. The van der Waals surface area contributed by atoms with Gasteiger partial charge in [-0.25, -0.2) is 0 Å². The van der Waals surface area contributed by atoms with Crippen LogP contribution in [0.1, 0.15) is 30.0 Å². The van der Waals surface area contributed by atoms with Crippen molar-refractivity contribution in [3.8, 4) is 5.75 Å². The lowest BCUT2D eigenvalue weighted by atomic mass is 10.0. The fourth-order valence-electron chi connectivity index (χ4n) is 3.40. The lowest BCUT2D eigenvalue weighted by Crippen LogP contribution is -2.31. The van der Waals surface area contributed by atoms with E-state index in [1.165, 1.54) is 0 Å². The summed E-state index contributed by atoms with van der Waals surface area (Å²) in [5.41, 5.74) is 3.10. The number of benzene rings is 2. The van der Waals surface area contributed by atoms with Crippen molar-refractivity contribution in [2.75, 3.05) is 7.11 Å². The van der Waals surface area contributed by atoms with Gasteiger partial charge in [0.2, 0.25) is 5.91 Å². The normalized spacial score (nSPS) is 15.0. The van der Waals surface area contributed by atoms with Crippen LogP contribution >= 0.6 is 11.6 Å². The van der Waals surface area contributed by atoms with Crippen molar-refractivity contribution in [2.24, 2.45) is 5.92 Å². The standard InChI is InChI=1S/C21H21ClN2O2/c1-26-17-8-9-19-18(11-17)15(12-23-19)10-20(25)24-21(13-2-3-13)14-4-6-16(22)7-5-14/h4-9,11-13,21,23H,2-3,10H2,1H3,(H,24,25). The molecule has 0 bridgehead atoms. The molecule has 0 saturated heterocycles. The molecule has 0 radical (unpaired) electrons. The van der Waals surface area contributed by atoms with Gasteiger partial charge in [0.05, 0.1) is 19.6 Å². The summed E-state index contributed by atoms with van der Waals surface area (Å²) in [5.74, 6) is 1.33. The number of nitrogens with one attached hydrogen (secondary N) is 2. The van der Waals surface area contributed by atoms with Gasteiger partial charge >= 0.3 is 0 Å². The number of hydrogen-bond acceptors (Lipinski definition) is 2. The zero-order valence-electron chi connectivity index (χ0n) is 14.6. The summed E-state index contributed by atoms with van der Waals surface area (Å²) >= 11 is 5.99. The molecule has 1 aliphatic rings. The molecule has 1 aromatic heterocycles. The molecule has 0 aliphatic heterocycles. The van der Waals surface area contributed by atoms with Gasteiger partial charge in [-0.1, -0.05) is 23.7 Å². The van der Waals surface area contributed by atoms with Gasteiger partial charge in [-0.05, 0) is 60.2 Å². The highest BCUT2D eigenvalue weighted by molar-refractivity contribution is 6.30. The minimum Gasteiger partial charge on any atom is -0.497 e. The summed E-state index contributed by atoms with van der Waals surface area (Å²) < 4.78 is 5.30. The molecule has 3 aromatic rings. The first-order valence-corrected chi connectivity index (χ1v) is 9.20. The van der Waals surface area contributed by atoms with Crippen LogP contribution in [0.4, 0.5) is 0 Å². The second kappa shape index (κ2) is 7.04. The minimum atomic E-state index is 0.0283. The molecular weight excluding hydrogens is 348 g/mol. The largest absolute Gasteiger partial charge is 0.497 e. The van der Waals surface area contributed by atoms with E-state index in [4.69, 9.17) is 16.3 Å². The Balaban J connectivity index is 1.51. The number of fused-ring (bicyclic) bond motifs is 1. The molecule has 4 rings (SSSR count). The summed E-state index contributed by atoms with van der Waals surface area (Å²) in [6.07, 6.45) is 4.54. The third kappa shape index (κ3) is 3.56. The highest BCUT2D eigenvalue weighted by Crippen LogP contribution is 2.41. The summed E-state index contributed by atoms with van der Waals surface area (Å²) in [6.45, 7) is 0. The van der Waals surface area contributed by atoms with Gasteiger partial charge in [0.25, 0.3) is 0 Å². The van der Waals surface area contributed by atoms with Crippen LogP contribution in [0.5, 0.6) is 5.75 Å². The molecule has 1 amide bonds. The second-order valence-corrected chi connectivity index (χ2v) is 7.27. The van der Waals surface area contributed by atoms with E-state index in [0.717, 1.165) is 40.6 Å². The van der Waals surface area contributed by atoms with Crippen LogP contribution in [0.25, 0.3) is 10.9 Å². The van der Waals surface area contributed by atoms with Gasteiger partial charge in [-0.2, -0.15) is 0 Å². The Hall–Kier alpha value is -2.46. The number of rotatable bonds is 6. The average Bonchev–Trinajstić information content (AvgIpc) is 3.42. The fraction of sp³-hybridized carbons (Fsp3) is 0.286. The molecule has 1 heterocycles. The third-order valence-electron chi connectivity index (χ3n) is 4.96. The van der Waals surface area contributed by atoms with Crippen molar-refractivity contribution >= 4 is 28.4 Å². The van der Waals surface area contributed by atoms with Crippen LogP contribution in [0.2, 0.25) is 5.02 Å². The number of aromatic nitrogens is 1. The van der Waals surface area contributed by atoms with Gasteiger partial charge in [-0.15, -0.1) is 0 Å². The van der Waals surface area contributed by atoms with Gasteiger partial charge in [0, 0.05) is 22.1 Å². The number of amides is 1. The fourth-order valence-corrected chi connectivity index (χ4v) is 3.53. The molecular formula is C21H21ClN2O2. The number of hydrogen-bond donors (Lipinski definition) is 2. The van der Waals surface area contributed by atoms with E-state index in [1.807, 2.05) is 48.7 Å².